The smallest absolute Gasteiger partial charge is 0.142 e. The zero-order valence-corrected chi connectivity index (χ0v) is 10.4. The minimum absolute atomic E-state index is 0.0528. The van der Waals surface area contributed by atoms with Gasteiger partial charge < -0.3 is 14.9 Å². The molecule has 0 aliphatic heterocycles. The third-order valence-electron chi connectivity index (χ3n) is 1.89. The van der Waals surface area contributed by atoms with Crippen LogP contribution in [-0.4, -0.2) is 22.3 Å². The molecule has 4 heteroatoms. The molecule has 0 spiro atoms. The van der Waals surface area contributed by atoms with Crippen LogP contribution in [0.4, 0.5) is 0 Å². The molecule has 0 radical (unpaired) electrons. The fourth-order valence-electron chi connectivity index (χ4n) is 1.14. The van der Waals surface area contributed by atoms with Gasteiger partial charge in [-0.3, -0.25) is 4.98 Å². The molecule has 0 bridgehead atoms. The van der Waals surface area contributed by atoms with Gasteiger partial charge in [-0.15, -0.1) is 0 Å². The van der Waals surface area contributed by atoms with Gasteiger partial charge in [-0.05, 0) is 6.92 Å². The van der Waals surface area contributed by atoms with Gasteiger partial charge >= 0.3 is 0 Å². The molecule has 4 nitrogen and oxygen atoms in total. The molecule has 1 rings (SSSR count). The lowest BCUT2D eigenvalue weighted by molar-refractivity contribution is 0.180. The summed E-state index contributed by atoms with van der Waals surface area (Å²) in [5.74, 6) is 0.0528. The molecule has 0 atom stereocenters. The van der Waals surface area contributed by atoms with Crippen LogP contribution in [0.3, 0.4) is 0 Å². The van der Waals surface area contributed by atoms with Crippen LogP contribution >= 0.6 is 0 Å². The van der Waals surface area contributed by atoms with Crippen LogP contribution in [0.2, 0.25) is 0 Å². The fourth-order valence-corrected chi connectivity index (χ4v) is 1.14. The van der Waals surface area contributed by atoms with E-state index in [1.54, 1.807) is 20.2 Å². The summed E-state index contributed by atoms with van der Waals surface area (Å²) in [6.45, 7) is 6.08. The van der Waals surface area contributed by atoms with Crippen molar-refractivity contribution in [2.75, 3.05) is 7.11 Å². The van der Waals surface area contributed by atoms with Crippen LogP contribution in [0.1, 0.15) is 37.1 Å². The van der Waals surface area contributed by atoms with Crippen LogP contribution in [0.5, 0.6) is 5.75 Å². The number of pyridine rings is 1. The number of hydrogen-bond donors (Lipinski definition) is 2. The Morgan fingerprint density at radius 3 is 2.38 bits per heavy atom. The lowest BCUT2D eigenvalue weighted by Crippen LogP contribution is -1.99. The summed E-state index contributed by atoms with van der Waals surface area (Å²) < 4.78 is 4.90. The fraction of sp³-hybridized carbons (Fsp3) is 0.583. The van der Waals surface area contributed by atoms with E-state index in [1.165, 1.54) is 6.42 Å². The van der Waals surface area contributed by atoms with Gasteiger partial charge in [0.15, 0.2) is 0 Å². The Morgan fingerprint density at radius 1 is 1.38 bits per heavy atom. The van der Waals surface area contributed by atoms with E-state index in [-0.39, 0.29) is 12.4 Å². The number of hydrogen-bond acceptors (Lipinski definition) is 4. The van der Waals surface area contributed by atoms with Crippen LogP contribution in [0, 0.1) is 6.92 Å². The zero-order chi connectivity index (χ0) is 12.6. The highest BCUT2D eigenvalue weighted by Gasteiger charge is 2.09. The van der Waals surface area contributed by atoms with Crippen molar-refractivity contribution in [2.45, 2.75) is 40.4 Å². The number of aryl methyl sites for hydroxylation is 1. The summed E-state index contributed by atoms with van der Waals surface area (Å²) >= 11 is 0. The van der Waals surface area contributed by atoms with Crippen molar-refractivity contribution in [1.29, 1.82) is 0 Å². The largest absolute Gasteiger partial charge is 0.506 e. The first-order chi connectivity index (χ1) is 7.62. The van der Waals surface area contributed by atoms with Crippen LogP contribution in [0.25, 0.3) is 0 Å². The molecule has 0 amide bonds. The summed E-state index contributed by atoms with van der Waals surface area (Å²) in [5.41, 5.74) is 1.73. The minimum atomic E-state index is -0.201. The first-order valence-corrected chi connectivity index (χ1v) is 5.38. The normalized spacial score (nSPS) is 9.56. The van der Waals surface area contributed by atoms with Gasteiger partial charge in [-0.25, -0.2) is 0 Å². The van der Waals surface area contributed by atoms with Crippen molar-refractivity contribution in [3.8, 4) is 5.75 Å². The summed E-state index contributed by atoms with van der Waals surface area (Å²) in [5, 5.41) is 18.5. The topological polar surface area (TPSA) is 62.6 Å². The number of aromatic hydroxyl groups is 1. The maximum atomic E-state index is 9.53. The van der Waals surface area contributed by atoms with Gasteiger partial charge in [-0.2, -0.15) is 0 Å². The van der Waals surface area contributed by atoms with E-state index in [2.05, 4.69) is 18.8 Å². The van der Waals surface area contributed by atoms with E-state index in [1.807, 2.05) is 0 Å². The predicted molar refractivity (Wildman–Crippen MR) is 63.2 cm³/mol. The van der Waals surface area contributed by atoms with Gasteiger partial charge in [0.1, 0.15) is 5.75 Å². The van der Waals surface area contributed by atoms with Crippen molar-refractivity contribution in [3.63, 3.8) is 0 Å². The number of aromatic nitrogens is 1. The quantitative estimate of drug-likeness (QED) is 0.830. The van der Waals surface area contributed by atoms with E-state index in [0.717, 1.165) is 0 Å². The van der Waals surface area contributed by atoms with E-state index in [0.29, 0.717) is 23.4 Å². The van der Waals surface area contributed by atoms with E-state index in [9.17, 15) is 5.11 Å². The van der Waals surface area contributed by atoms with Gasteiger partial charge in [-0.1, -0.05) is 20.3 Å². The van der Waals surface area contributed by atoms with Crippen molar-refractivity contribution in [1.82, 2.24) is 4.98 Å². The summed E-state index contributed by atoms with van der Waals surface area (Å²) in [6.07, 6.45) is 2.85. The Bertz CT molecular complexity index is 313. The van der Waals surface area contributed by atoms with Gasteiger partial charge in [0.05, 0.1) is 18.9 Å². The molecule has 1 aromatic rings. The predicted octanol–water partition coefficient (Wildman–Crippen LogP) is 2.15. The van der Waals surface area contributed by atoms with Gasteiger partial charge in [0, 0.05) is 24.4 Å². The summed E-state index contributed by atoms with van der Waals surface area (Å²) in [4.78, 5) is 3.96. The highest BCUT2D eigenvalue weighted by atomic mass is 16.5. The maximum absolute atomic E-state index is 9.53. The molecule has 92 valence electrons. The maximum Gasteiger partial charge on any atom is 0.142 e. The van der Waals surface area contributed by atoms with E-state index in [4.69, 9.17) is 9.84 Å². The average Bonchev–Trinajstić information content (AvgIpc) is 2.25. The summed E-state index contributed by atoms with van der Waals surface area (Å²) in [6, 6.07) is 0. The molecule has 0 saturated heterocycles. The Kier molecular flexibility index (Phi) is 7.50. The molecule has 16 heavy (non-hydrogen) atoms. The number of aliphatic hydroxyl groups excluding tert-OH is 1. The van der Waals surface area contributed by atoms with Crippen LogP contribution in [0.15, 0.2) is 6.20 Å². The molecule has 0 aliphatic rings. The monoisotopic (exact) mass is 227 g/mol. The second kappa shape index (κ2) is 8.07. The lowest BCUT2D eigenvalue weighted by atomic mass is 10.1. The molecule has 1 heterocycles. The number of ether oxygens (including phenoxy) is 1. The second-order valence-electron chi connectivity index (χ2n) is 3.49. The van der Waals surface area contributed by atoms with Crippen LogP contribution in [-0.2, 0) is 18.0 Å². The molecule has 0 saturated carbocycles. The lowest BCUT2D eigenvalue weighted by Gasteiger charge is -2.09. The number of methoxy groups -OCH3 is 1. The SMILES string of the molecule is CCC.COCc1cnc(C)c(O)c1CO. The van der Waals surface area contributed by atoms with E-state index >= 15 is 0 Å². The van der Waals surface area contributed by atoms with Gasteiger partial charge in [0.25, 0.3) is 0 Å². The number of nitrogens with zero attached hydrogens (tertiary/aromatic N) is 1. The molecule has 1 aromatic heterocycles. The average molecular weight is 227 g/mol. The van der Waals surface area contributed by atoms with Crippen molar-refractivity contribution < 1.29 is 14.9 Å². The zero-order valence-electron chi connectivity index (χ0n) is 10.4. The summed E-state index contributed by atoms with van der Waals surface area (Å²) in [7, 11) is 1.55. The van der Waals surface area contributed by atoms with E-state index < -0.39 is 0 Å². The first-order valence-electron chi connectivity index (χ1n) is 5.38. The third-order valence-corrected chi connectivity index (χ3v) is 1.89. The highest BCUT2D eigenvalue weighted by Crippen LogP contribution is 2.23. The van der Waals surface area contributed by atoms with Gasteiger partial charge in [0.2, 0.25) is 0 Å². The molecule has 0 unspecified atom stereocenters. The first kappa shape index (κ1) is 14.9. The molecule has 0 aromatic carbocycles. The third kappa shape index (κ3) is 4.16. The Morgan fingerprint density at radius 2 is 1.94 bits per heavy atom. The Balaban J connectivity index is 0.000000673. The minimum Gasteiger partial charge on any atom is -0.506 e. The Hall–Kier alpha value is -1.13. The molecule has 0 fully saturated rings. The van der Waals surface area contributed by atoms with Crippen molar-refractivity contribution in [3.05, 3.63) is 23.0 Å². The highest BCUT2D eigenvalue weighted by molar-refractivity contribution is 5.39. The Labute approximate surface area is 96.9 Å². The van der Waals surface area contributed by atoms with Crippen molar-refractivity contribution >= 4 is 0 Å². The molecular weight excluding hydrogens is 206 g/mol. The standard InChI is InChI=1S/C9H13NO3.C3H8/c1-6-9(12)8(4-11)7(3-10-6)5-13-2;1-3-2/h3,11-12H,4-5H2,1-2H3;3H2,1-2H3. The molecule has 2 N–H and O–H groups in total. The number of aliphatic hydroxyl groups is 1. The molecular formula is C12H21NO3. The number of rotatable bonds is 3. The second-order valence-corrected chi connectivity index (χ2v) is 3.49. The van der Waals surface area contributed by atoms with Crippen LogP contribution < -0.4 is 0 Å². The molecule has 0 aliphatic carbocycles. The van der Waals surface area contributed by atoms with Crippen molar-refractivity contribution in [2.24, 2.45) is 0 Å².